The van der Waals surface area contributed by atoms with Gasteiger partial charge in [0.05, 0.1) is 0 Å². The number of carboxylic acid groups (broad SMARTS) is 1. The van der Waals surface area contributed by atoms with Gasteiger partial charge in [0.15, 0.2) is 6.29 Å². The molecule has 0 spiro atoms. The predicted molar refractivity (Wildman–Crippen MR) is 54.3 cm³/mol. The average Bonchev–Trinajstić information content (AvgIpc) is 2.78. The Morgan fingerprint density at radius 3 is 2.81 bits per heavy atom. The molecule has 16 heavy (non-hydrogen) atoms. The number of carbonyl (C=O) groups is 2. The Kier molecular flexibility index (Phi) is 2.51. The van der Waals surface area contributed by atoms with Crippen molar-refractivity contribution in [1.29, 1.82) is 0 Å². The molecule has 0 saturated heterocycles. The third-order valence-corrected chi connectivity index (χ3v) is 2.00. The van der Waals surface area contributed by atoms with Gasteiger partial charge in [-0.2, -0.15) is 0 Å². The van der Waals surface area contributed by atoms with Gasteiger partial charge in [0, 0.05) is 23.5 Å². The molecular formula is C11H7NO4. The quantitative estimate of drug-likeness (QED) is 0.793. The summed E-state index contributed by atoms with van der Waals surface area (Å²) < 4.78 is 5.08. The molecule has 2 rings (SSSR count). The lowest BCUT2D eigenvalue weighted by molar-refractivity contribution is 0.0663. The van der Waals surface area contributed by atoms with Gasteiger partial charge in [-0.1, -0.05) is 0 Å². The Balaban J connectivity index is 2.42. The van der Waals surface area contributed by atoms with E-state index < -0.39 is 5.97 Å². The van der Waals surface area contributed by atoms with Crippen LogP contribution in [0.25, 0.3) is 11.3 Å². The Hall–Kier alpha value is -2.43. The fourth-order valence-corrected chi connectivity index (χ4v) is 1.26. The van der Waals surface area contributed by atoms with E-state index in [0.717, 1.165) is 0 Å². The monoisotopic (exact) mass is 217 g/mol. The van der Waals surface area contributed by atoms with Gasteiger partial charge in [0.1, 0.15) is 5.76 Å². The number of furan rings is 1. The first kappa shape index (κ1) is 10.1. The summed E-state index contributed by atoms with van der Waals surface area (Å²) >= 11 is 0. The van der Waals surface area contributed by atoms with Crippen molar-refractivity contribution in [2.24, 2.45) is 0 Å². The number of rotatable bonds is 3. The number of hydrogen-bond donors (Lipinski definition) is 1. The van der Waals surface area contributed by atoms with Crippen LogP contribution in [0.5, 0.6) is 0 Å². The van der Waals surface area contributed by atoms with Gasteiger partial charge in [0.25, 0.3) is 0 Å². The number of carbonyl (C=O) groups excluding carboxylic acids is 1. The van der Waals surface area contributed by atoms with E-state index in [1.54, 1.807) is 6.07 Å². The van der Waals surface area contributed by atoms with Crippen LogP contribution >= 0.6 is 0 Å². The van der Waals surface area contributed by atoms with Crippen LogP contribution in [0, 0.1) is 0 Å². The fourth-order valence-electron chi connectivity index (χ4n) is 1.26. The highest BCUT2D eigenvalue weighted by molar-refractivity contribution is 5.85. The van der Waals surface area contributed by atoms with E-state index >= 15 is 0 Å². The van der Waals surface area contributed by atoms with Crippen LogP contribution < -0.4 is 0 Å². The number of carboxylic acids is 1. The van der Waals surface area contributed by atoms with Crippen molar-refractivity contribution in [3.8, 4) is 11.3 Å². The summed E-state index contributed by atoms with van der Waals surface area (Å²) in [7, 11) is 0. The van der Waals surface area contributed by atoms with Gasteiger partial charge < -0.3 is 9.52 Å². The van der Waals surface area contributed by atoms with E-state index in [0.29, 0.717) is 23.2 Å². The van der Waals surface area contributed by atoms with Crippen molar-refractivity contribution in [1.82, 2.24) is 4.98 Å². The van der Waals surface area contributed by atoms with Crippen molar-refractivity contribution in [3.63, 3.8) is 0 Å². The van der Waals surface area contributed by atoms with Gasteiger partial charge in [-0.3, -0.25) is 9.78 Å². The lowest BCUT2D eigenvalue weighted by Crippen LogP contribution is -1.91. The van der Waals surface area contributed by atoms with Crippen LogP contribution in [0.3, 0.4) is 0 Å². The van der Waals surface area contributed by atoms with Crippen molar-refractivity contribution in [2.45, 2.75) is 0 Å². The summed E-state index contributed by atoms with van der Waals surface area (Å²) in [5.41, 5.74) is 0.975. The highest BCUT2D eigenvalue weighted by atomic mass is 16.4. The second-order valence-corrected chi connectivity index (χ2v) is 3.09. The lowest BCUT2D eigenvalue weighted by atomic mass is 10.2. The topological polar surface area (TPSA) is 80.4 Å². The van der Waals surface area contributed by atoms with Gasteiger partial charge >= 0.3 is 5.97 Å². The van der Waals surface area contributed by atoms with E-state index in [1.165, 1.54) is 24.5 Å². The average molecular weight is 217 g/mol. The molecule has 0 aliphatic carbocycles. The maximum absolute atomic E-state index is 10.6. The largest absolute Gasteiger partial charge is 0.475 e. The Bertz CT molecular complexity index is 544. The molecular weight excluding hydrogens is 210 g/mol. The SMILES string of the molecule is O=Cc1cncc(-c2ccc(C(=O)O)o2)c1. The van der Waals surface area contributed by atoms with Crippen molar-refractivity contribution in [2.75, 3.05) is 0 Å². The molecule has 1 N–H and O–H groups in total. The molecule has 2 aromatic rings. The van der Waals surface area contributed by atoms with Crippen LogP contribution in [-0.4, -0.2) is 22.3 Å². The maximum Gasteiger partial charge on any atom is 0.371 e. The van der Waals surface area contributed by atoms with Gasteiger partial charge in [-0.05, 0) is 18.2 Å². The molecule has 0 unspecified atom stereocenters. The highest BCUT2D eigenvalue weighted by Gasteiger charge is 2.10. The van der Waals surface area contributed by atoms with E-state index in [-0.39, 0.29) is 5.76 Å². The van der Waals surface area contributed by atoms with Crippen LogP contribution in [0.1, 0.15) is 20.9 Å². The Morgan fingerprint density at radius 1 is 1.38 bits per heavy atom. The highest BCUT2D eigenvalue weighted by Crippen LogP contribution is 2.21. The summed E-state index contributed by atoms with van der Waals surface area (Å²) in [6, 6.07) is 4.45. The van der Waals surface area contributed by atoms with Gasteiger partial charge in [-0.25, -0.2) is 4.79 Å². The molecule has 2 aromatic heterocycles. The van der Waals surface area contributed by atoms with Crippen molar-refractivity contribution >= 4 is 12.3 Å². The molecule has 0 aliphatic rings. The number of nitrogens with zero attached hydrogens (tertiary/aromatic N) is 1. The molecule has 0 radical (unpaired) electrons. The van der Waals surface area contributed by atoms with E-state index in [1.807, 2.05) is 0 Å². The fraction of sp³-hybridized carbons (Fsp3) is 0. The second kappa shape index (κ2) is 3.98. The van der Waals surface area contributed by atoms with Gasteiger partial charge in [-0.15, -0.1) is 0 Å². The summed E-state index contributed by atoms with van der Waals surface area (Å²) in [5.74, 6) is -0.911. The standard InChI is InChI=1S/C11H7NO4/c13-6-7-3-8(5-12-4-7)9-1-2-10(16-9)11(14)15/h1-6H,(H,14,15). The van der Waals surface area contributed by atoms with E-state index in [2.05, 4.69) is 4.98 Å². The predicted octanol–water partition coefficient (Wildman–Crippen LogP) is 1.85. The number of hydrogen-bond acceptors (Lipinski definition) is 4. The minimum absolute atomic E-state index is 0.147. The summed E-state index contributed by atoms with van der Waals surface area (Å²) in [5, 5.41) is 8.68. The normalized spacial score (nSPS) is 10.0. The zero-order valence-corrected chi connectivity index (χ0v) is 8.08. The maximum atomic E-state index is 10.6. The number of aromatic carboxylic acids is 1. The number of aldehydes is 1. The van der Waals surface area contributed by atoms with E-state index in [4.69, 9.17) is 9.52 Å². The molecule has 5 nitrogen and oxygen atoms in total. The number of pyridine rings is 1. The summed E-state index contributed by atoms with van der Waals surface area (Å²) in [6.45, 7) is 0. The van der Waals surface area contributed by atoms with Gasteiger partial charge in [0.2, 0.25) is 5.76 Å². The van der Waals surface area contributed by atoms with Crippen LogP contribution in [-0.2, 0) is 0 Å². The zero-order chi connectivity index (χ0) is 11.5. The zero-order valence-electron chi connectivity index (χ0n) is 8.08. The molecule has 0 amide bonds. The summed E-state index contributed by atoms with van der Waals surface area (Å²) in [4.78, 5) is 25.0. The molecule has 80 valence electrons. The van der Waals surface area contributed by atoms with E-state index in [9.17, 15) is 9.59 Å². The third-order valence-electron chi connectivity index (χ3n) is 2.00. The first-order valence-corrected chi connectivity index (χ1v) is 4.44. The molecule has 0 aromatic carbocycles. The molecule has 0 bridgehead atoms. The molecule has 0 fully saturated rings. The molecule has 2 heterocycles. The summed E-state index contributed by atoms with van der Waals surface area (Å²) in [6.07, 6.45) is 3.58. The molecule has 5 heteroatoms. The Morgan fingerprint density at radius 2 is 2.19 bits per heavy atom. The van der Waals surface area contributed by atoms with Crippen LogP contribution in [0.4, 0.5) is 0 Å². The first-order valence-electron chi connectivity index (χ1n) is 4.44. The van der Waals surface area contributed by atoms with Crippen molar-refractivity contribution < 1.29 is 19.1 Å². The Labute approximate surface area is 90.3 Å². The minimum atomic E-state index is -1.13. The van der Waals surface area contributed by atoms with Crippen molar-refractivity contribution in [3.05, 3.63) is 41.9 Å². The first-order chi connectivity index (χ1) is 7.70. The van der Waals surface area contributed by atoms with Crippen LogP contribution in [0.15, 0.2) is 35.0 Å². The molecule has 0 saturated carbocycles. The molecule has 0 atom stereocenters. The third kappa shape index (κ3) is 1.83. The molecule has 0 aliphatic heterocycles. The smallest absolute Gasteiger partial charge is 0.371 e. The minimum Gasteiger partial charge on any atom is -0.475 e. The lowest BCUT2D eigenvalue weighted by Gasteiger charge is -1.96. The second-order valence-electron chi connectivity index (χ2n) is 3.09. The van der Waals surface area contributed by atoms with Crippen LogP contribution in [0.2, 0.25) is 0 Å². The number of aromatic nitrogens is 1.